The third-order valence-electron chi connectivity index (χ3n) is 8.29. The second-order valence-electron chi connectivity index (χ2n) is 9.33. The summed E-state index contributed by atoms with van der Waals surface area (Å²) in [5.74, 6) is 2.92. The van der Waals surface area contributed by atoms with Gasteiger partial charge in [0.15, 0.2) is 0 Å². The van der Waals surface area contributed by atoms with Gasteiger partial charge in [-0.05, 0) is 80.0 Å². The molecule has 0 aromatic rings. The molecule has 23 heavy (non-hydrogen) atoms. The molecule has 1 heteroatoms. The molecule has 0 saturated heterocycles. The fraction of sp³-hybridized carbons (Fsp3) is 0.818. The zero-order valence-electron chi connectivity index (χ0n) is 15.2. The number of ether oxygens (including phenoxy) is 1. The number of hydrogen-bond donors (Lipinski definition) is 0. The molecule has 0 unspecified atom stereocenters. The van der Waals surface area contributed by atoms with Crippen molar-refractivity contribution in [2.24, 2.45) is 28.6 Å². The van der Waals surface area contributed by atoms with E-state index in [0.29, 0.717) is 23.5 Å². The van der Waals surface area contributed by atoms with Crippen molar-refractivity contribution >= 4 is 0 Å². The fourth-order valence-electron chi connectivity index (χ4n) is 6.97. The van der Waals surface area contributed by atoms with E-state index in [4.69, 9.17) is 4.74 Å². The Bertz CT molecular complexity index is 506. The van der Waals surface area contributed by atoms with Gasteiger partial charge in [-0.1, -0.05) is 38.0 Å². The fourth-order valence-corrected chi connectivity index (χ4v) is 6.97. The quantitative estimate of drug-likeness (QED) is 0.588. The molecule has 3 saturated carbocycles. The highest BCUT2D eigenvalue weighted by Gasteiger charge is 2.55. The highest BCUT2D eigenvalue weighted by molar-refractivity contribution is 5.25. The lowest BCUT2D eigenvalue weighted by molar-refractivity contribution is -0.0442. The minimum absolute atomic E-state index is 0.434. The molecular weight excluding hydrogens is 280 g/mol. The lowest BCUT2D eigenvalue weighted by atomic mass is 9.48. The molecule has 4 aliphatic carbocycles. The van der Waals surface area contributed by atoms with Crippen LogP contribution < -0.4 is 0 Å². The second kappa shape index (κ2) is 5.76. The van der Waals surface area contributed by atoms with Gasteiger partial charge in [0.05, 0.1) is 12.7 Å². The van der Waals surface area contributed by atoms with Gasteiger partial charge in [-0.15, -0.1) is 6.58 Å². The largest absolute Gasteiger partial charge is 0.374 e. The van der Waals surface area contributed by atoms with Gasteiger partial charge in [-0.25, -0.2) is 0 Å². The molecule has 0 aliphatic heterocycles. The molecule has 0 aromatic heterocycles. The van der Waals surface area contributed by atoms with Crippen LogP contribution in [0.5, 0.6) is 0 Å². The molecule has 0 bridgehead atoms. The van der Waals surface area contributed by atoms with Crippen molar-refractivity contribution in [1.82, 2.24) is 0 Å². The summed E-state index contributed by atoms with van der Waals surface area (Å²) in [6.07, 6.45) is 17.5. The van der Waals surface area contributed by atoms with E-state index in [2.05, 4.69) is 26.5 Å². The first-order valence-corrected chi connectivity index (χ1v) is 9.99. The molecule has 0 aromatic carbocycles. The molecule has 0 spiro atoms. The maximum atomic E-state index is 5.99. The molecule has 128 valence electrons. The van der Waals surface area contributed by atoms with Gasteiger partial charge in [0.1, 0.15) is 0 Å². The average molecular weight is 315 g/mol. The highest BCUT2D eigenvalue weighted by Crippen LogP contribution is 2.64. The van der Waals surface area contributed by atoms with Gasteiger partial charge in [0, 0.05) is 0 Å². The van der Waals surface area contributed by atoms with E-state index in [0.717, 1.165) is 17.8 Å². The van der Waals surface area contributed by atoms with Crippen LogP contribution in [0.2, 0.25) is 0 Å². The lowest BCUT2D eigenvalue weighted by Crippen LogP contribution is -2.49. The van der Waals surface area contributed by atoms with Crippen LogP contribution in [0.15, 0.2) is 24.3 Å². The summed E-state index contributed by atoms with van der Waals surface area (Å²) >= 11 is 0. The third-order valence-corrected chi connectivity index (χ3v) is 8.29. The van der Waals surface area contributed by atoms with Gasteiger partial charge in [-0.2, -0.15) is 0 Å². The maximum absolute atomic E-state index is 5.99. The minimum atomic E-state index is 0.434. The van der Waals surface area contributed by atoms with Crippen molar-refractivity contribution < 1.29 is 4.74 Å². The van der Waals surface area contributed by atoms with Crippen LogP contribution in [0.1, 0.15) is 71.6 Å². The molecular formula is C22H34O. The Labute approximate surface area is 142 Å². The Morgan fingerprint density at radius 2 is 2.04 bits per heavy atom. The predicted molar refractivity (Wildman–Crippen MR) is 96.3 cm³/mol. The van der Waals surface area contributed by atoms with Crippen LogP contribution in [-0.2, 0) is 4.74 Å². The average Bonchev–Trinajstić information content (AvgIpc) is 2.94. The lowest BCUT2D eigenvalue weighted by Gasteiger charge is -2.57. The van der Waals surface area contributed by atoms with Crippen LogP contribution in [0.25, 0.3) is 0 Å². The summed E-state index contributed by atoms with van der Waals surface area (Å²) in [5, 5.41) is 0. The molecule has 4 aliphatic rings. The summed E-state index contributed by atoms with van der Waals surface area (Å²) in [5.41, 5.74) is 2.88. The van der Waals surface area contributed by atoms with Gasteiger partial charge >= 0.3 is 0 Å². The normalized spacial score (nSPS) is 48.9. The summed E-state index contributed by atoms with van der Waals surface area (Å²) in [7, 11) is 0. The molecule has 0 N–H and O–H groups in total. The van der Waals surface area contributed by atoms with E-state index in [1.54, 1.807) is 5.57 Å². The van der Waals surface area contributed by atoms with E-state index in [9.17, 15) is 0 Å². The van der Waals surface area contributed by atoms with Crippen molar-refractivity contribution in [2.75, 3.05) is 6.61 Å². The minimum Gasteiger partial charge on any atom is -0.374 e. The second-order valence-corrected chi connectivity index (χ2v) is 9.33. The Balaban J connectivity index is 1.56. The van der Waals surface area contributed by atoms with Crippen LogP contribution in [0.4, 0.5) is 0 Å². The summed E-state index contributed by atoms with van der Waals surface area (Å²) in [6.45, 7) is 9.70. The molecule has 0 heterocycles. The highest BCUT2D eigenvalue weighted by atomic mass is 16.5. The third kappa shape index (κ3) is 2.46. The molecule has 3 fully saturated rings. The summed E-state index contributed by atoms with van der Waals surface area (Å²) in [6, 6.07) is 0. The van der Waals surface area contributed by atoms with E-state index in [-0.39, 0.29) is 0 Å². The van der Waals surface area contributed by atoms with Crippen molar-refractivity contribution in [3.8, 4) is 0 Å². The molecule has 6 atom stereocenters. The van der Waals surface area contributed by atoms with E-state index >= 15 is 0 Å². The molecule has 4 rings (SSSR count). The maximum Gasteiger partial charge on any atom is 0.0648 e. The molecule has 0 amide bonds. The van der Waals surface area contributed by atoms with Crippen molar-refractivity contribution in [3.05, 3.63) is 24.3 Å². The van der Waals surface area contributed by atoms with E-state index in [1.807, 2.05) is 6.08 Å². The topological polar surface area (TPSA) is 9.23 Å². The monoisotopic (exact) mass is 314 g/mol. The Kier molecular flexibility index (Phi) is 3.99. The zero-order valence-corrected chi connectivity index (χ0v) is 15.2. The summed E-state index contributed by atoms with van der Waals surface area (Å²) in [4.78, 5) is 0. The van der Waals surface area contributed by atoms with Gasteiger partial charge in [0.25, 0.3) is 0 Å². The first-order chi connectivity index (χ1) is 11.1. The van der Waals surface area contributed by atoms with Crippen LogP contribution in [-0.4, -0.2) is 12.7 Å². The Hall–Kier alpha value is -0.560. The number of allylic oxidation sites excluding steroid dienone is 1. The van der Waals surface area contributed by atoms with Crippen molar-refractivity contribution in [1.29, 1.82) is 0 Å². The molecule has 0 radical (unpaired) electrons. The Morgan fingerprint density at radius 3 is 2.87 bits per heavy atom. The van der Waals surface area contributed by atoms with E-state index < -0.39 is 0 Å². The van der Waals surface area contributed by atoms with Gasteiger partial charge in [0.2, 0.25) is 0 Å². The van der Waals surface area contributed by atoms with Crippen LogP contribution >= 0.6 is 0 Å². The van der Waals surface area contributed by atoms with Crippen LogP contribution in [0, 0.1) is 28.6 Å². The smallest absolute Gasteiger partial charge is 0.0648 e. The van der Waals surface area contributed by atoms with Gasteiger partial charge in [-0.3, -0.25) is 0 Å². The summed E-state index contributed by atoms with van der Waals surface area (Å²) < 4.78 is 5.99. The predicted octanol–water partition coefficient (Wildman–Crippen LogP) is 5.91. The number of rotatable bonds is 3. The Morgan fingerprint density at radius 1 is 1.17 bits per heavy atom. The van der Waals surface area contributed by atoms with Crippen molar-refractivity contribution in [3.63, 3.8) is 0 Å². The van der Waals surface area contributed by atoms with Gasteiger partial charge < -0.3 is 4.74 Å². The standard InChI is InChI=1S/C22H34O/c1-4-14-23-17-9-13-22(3)16(15-17)7-8-18-19-6-5-11-21(19,2)12-10-20(18)22/h4,7,17-20H,1,5-6,8-15H2,2-3H3/t17-,18-,19-,20-,21-,22-/m0/s1. The molecule has 1 nitrogen and oxygen atoms in total. The number of hydrogen-bond acceptors (Lipinski definition) is 1. The van der Waals surface area contributed by atoms with Crippen molar-refractivity contribution in [2.45, 2.75) is 77.7 Å². The SMILES string of the molecule is C=CCO[C@H]1CC[C@@]2(C)C(=CC[C@H]3[C@@H]4CCC[C@@]4(C)CC[C@@H]32)C1. The number of fused-ring (bicyclic) bond motifs is 5. The first-order valence-electron chi connectivity index (χ1n) is 9.99. The van der Waals surface area contributed by atoms with E-state index in [1.165, 1.54) is 57.8 Å². The first kappa shape index (κ1) is 15.9. The zero-order chi connectivity index (χ0) is 16.1. The van der Waals surface area contributed by atoms with Crippen LogP contribution in [0.3, 0.4) is 0 Å².